The van der Waals surface area contributed by atoms with E-state index < -0.39 is 47.8 Å². The SMILES string of the molecule is C[Si](C)(C)c1ccc(N2c3ccccc3C3(c4ccccc4-c4ccccc43)c3cc(C=C4C(=O)c5c(F)ccc(F)c5C4=O)ccc32)cc1. The summed E-state index contributed by atoms with van der Waals surface area (Å²) >= 11 is 0. The normalized spacial score (nSPS) is 15.1. The number of nitrogens with zero attached hydrogens (tertiary/aromatic N) is 1. The highest BCUT2D eigenvalue weighted by atomic mass is 28.3. The molecule has 2 aliphatic carbocycles. The lowest BCUT2D eigenvalue weighted by molar-refractivity contribution is 0.0989. The highest BCUT2D eigenvalue weighted by Crippen LogP contribution is 2.63. The van der Waals surface area contributed by atoms with Crippen molar-refractivity contribution in [3.8, 4) is 11.1 Å². The van der Waals surface area contributed by atoms with Gasteiger partial charge in [-0.15, -0.1) is 0 Å². The minimum Gasteiger partial charge on any atom is -0.310 e. The zero-order valence-corrected chi connectivity index (χ0v) is 28.7. The zero-order chi connectivity index (χ0) is 34.5. The van der Waals surface area contributed by atoms with E-state index in [9.17, 15) is 18.4 Å². The standard InChI is InChI=1S/C44H31F2NO2Si/c1-50(2,3)28-19-17-27(18-20-28)47-38-15-9-8-14-34(38)44(32-12-6-4-10-29(32)30-11-5-7-13-33(30)44)35-25-26(16-23-39(35)47)24-31-42(48)40-36(45)21-22-37(46)41(40)43(31)49/h4-25H,1-3H3. The summed E-state index contributed by atoms with van der Waals surface area (Å²) in [6.07, 6.45) is 1.48. The van der Waals surface area contributed by atoms with E-state index in [0.29, 0.717) is 5.56 Å². The van der Waals surface area contributed by atoms with Crippen LogP contribution in [-0.4, -0.2) is 19.6 Å². The molecule has 6 aromatic rings. The minimum atomic E-state index is -1.55. The van der Waals surface area contributed by atoms with Crippen LogP contribution in [0, 0.1) is 11.6 Å². The molecule has 0 amide bonds. The fraction of sp³-hybridized carbons (Fsp3) is 0.0909. The van der Waals surface area contributed by atoms with Gasteiger partial charge in [-0.2, -0.15) is 0 Å². The number of allylic oxidation sites excluding steroid dienone is 1. The molecule has 50 heavy (non-hydrogen) atoms. The molecule has 0 saturated heterocycles. The molecule has 0 atom stereocenters. The average molecular weight is 672 g/mol. The van der Waals surface area contributed by atoms with Crippen LogP contribution < -0.4 is 10.1 Å². The fourth-order valence-electron chi connectivity index (χ4n) is 8.27. The van der Waals surface area contributed by atoms with Gasteiger partial charge in [0.15, 0.2) is 0 Å². The first kappa shape index (κ1) is 30.3. The topological polar surface area (TPSA) is 37.4 Å². The molecule has 1 heterocycles. The van der Waals surface area contributed by atoms with Gasteiger partial charge in [0.2, 0.25) is 11.6 Å². The Hall–Kier alpha value is -5.72. The Kier molecular flexibility index (Phi) is 6.46. The first-order valence-electron chi connectivity index (χ1n) is 16.7. The molecular formula is C44H31F2NO2Si. The smallest absolute Gasteiger partial charge is 0.200 e. The Morgan fingerprint density at radius 3 is 1.68 bits per heavy atom. The predicted octanol–water partition coefficient (Wildman–Crippen LogP) is 10.1. The van der Waals surface area contributed by atoms with Crippen LogP contribution in [0.3, 0.4) is 0 Å². The van der Waals surface area contributed by atoms with Crippen LogP contribution in [-0.2, 0) is 5.41 Å². The Morgan fingerprint density at radius 2 is 1.10 bits per heavy atom. The summed E-state index contributed by atoms with van der Waals surface area (Å²) in [6, 6.07) is 42.0. The molecule has 0 bridgehead atoms. The molecule has 3 aliphatic rings. The van der Waals surface area contributed by atoms with Gasteiger partial charge < -0.3 is 4.90 Å². The van der Waals surface area contributed by atoms with Gasteiger partial charge in [0.1, 0.15) is 11.6 Å². The van der Waals surface area contributed by atoms with E-state index in [1.165, 1.54) is 11.3 Å². The second-order valence-electron chi connectivity index (χ2n) is 14.3. The van der Waals surface area contributed by atoms with E-state index in [4.69, 9.17) is 0 Å². The lowest BCUT2D eigenvalue weighted by atomic mass is 9.64. The third-order valence-corrected chi connectivity index (χ3v) is 12.6. The second kappa shape index (κ2) is 10.6. The van der Waals surface area contributed by atoms with Gasteiger partial charge in [0.25, 0.3) is 0 Å². The quantitative estimate of drug-likeness (QED) is 0.107. The van der Waals surface area contributed by atoms with Gasteiger partial charge in [-0.05, 0) is 87.5 Å². The number of Topliss-reactive ketones (excluding diaryl/α,β-unsaturated/α-hetero) is 2. The number of para-hydroxylation sites is 1. The highest BCUT2D eigenvalue weighted by Gasteiger charge is 2.51. The van der Waals surface area contributed by atoms with Crippen LogP contribution in [0.5, 0.6) is 0 Å². The molecule has 9 rings (SSSR count). The summed E-state index contributed by atoms with van der Waals surface area (Å²) in [7, 11) is -1.55. The van der Waals surface area contributed by atoms with Gasteiger partial charge in [0, 0.05) is 5.69 Å². The van der Waals surface area contributed by atoms with Crippen molar-refractivity contribution in [1.82, 2.24) is 0 Å². The Labute approximate surface area is 290 Å². The van der Waals surface area contributed by atoms with Gasteiger partial charge >= 0.3 is 0 Å². The van der Waals surface area contributed by atoms with Crippen LogP contribution in [0.25, 0.3) is 17.2 Å². The van der Waals surface area contributed by atoms with E-state index in [2.05, 4.69) is 122 Å². The van der Waals surface area contributed by atoms with E-state index in [0.717, 1.165) is 62.6 Å². The van der Waals surface area contributed by atoms with Crippen LogP contribution in [0.2, 0.25) is 19.6 Å². The van der Waals surface area contributed by atoms with Crippen molar-refractivity contribution < 1.29 is 18.4 Å². The zero-order valence-electron chi connectivity index (χ0n) is 27.7. The van der Waals surface area contributed by atoms with Gasteiger partial charge in [0.05, 0.1) is 41.6 Å². The highest BCUT2D eigenvalue weighted by molar-refractivity contribution is 6.88. The third-order valence-electron chi connectivity index (χ3n) is 10.5. The number of benzene rings is 6. The van der Waals surface area contributed by atoms with Gasteiger partial charge in [-0.1, -0.05) is 110 Å². The van der Waals surface area contributed by atoms with Crippen molar-refractivity contribution in [1.29, 1.82) is 0 Å². The summed E-state index contributed by atoms with van der Waals surface area (Å²) in [5.41, 5.74) is 8.28. The summed E-state index contributed by atoms with van der Waals surface area (Å²) in [6.45, 7) is 7.01. The maximum atomic E-state index is 14.8. The molecule has 0 radical (unpaired) electrons. The fourth-order valence-corrected chi connectivity index (χ4v) is 9.44. The molecule has 0 aromatic heterocycles. The maximum Gasteiger partial charge on any atom is 0.200 e. The number of carbonyl (C=O) groups is 2. The molecule has 0 N–H and O–H groups in total. The number of halogens is 2. The summed E-state index contributed by atoms with van der Waals surface area (Å²) in [5.74, 6) is -3.42. The molecule has 1 aliphatic heterocycles. The molecule has 242 valence electrons. The van der Waals surface area contributed by atoms with Gasteiger partial charge in [-0.25, -0.2) is 8.78 Å². The van der Waals surface area contributed by atoms with E-state index in [-0.39, 0.29) is 5.57 Å². The van der Waals surface area contributed by atoms with Crippen molar-refractivity contribution in [3.63, 3.8) is 0 Å². The number of rotatable bonds is 3. The second-order valence-corrected chi connectivity index (χ2v) is 19.3. The van der Waals surface area contributed by atoms with E-state index >= 15 is 0 Å². The number of hydrogen-bond donors (Lipinski definition) is 0. The summed E-state index contributed by atoms with van der Waals surface area (Å²) in [4.78, 5) is 29.2. The van der Waals surface area contributed by atoms with Crippen molar-refractivity contribution in [2.75, 3.05) is 4.90 Å². The monoisotopic (exact) mass is 671 g/mol. The largest absolute Gasteiger partial charge is 0.310 e. The van der Waals surface area contributed by atoms with Crippen LogP contribution in [0.4, 0.5) is 25.8 Å². The van der Waals surface area contributed by atoms with Gasteiger partial charge in [-0.3, -0.25) is 9.59 Å². The molecular weight excluding hydrogens is 641 g/mol. The summed E-state index contributed by atoms with van der Waals surface area (Å²) < 4.78 is 29.6. The van der Waals surface area contributed by atoms with Crippen molar-refractivity contribution >= 4 is 48.0 Å². The molecule has 6 heteroatoms. The number of anilines is 3. The first-order valence-corrected chi connectivity index (χ1v) is 20.2. The van der Waals surface area contributed by atoms with Crippen molar-refractivity contribution in [3.05, 3.63) is 184 Å². The molecule has 0 saturated carbocycles. The van der Waals surface area contributed by atoms with Crippen molar-refractivity contribution in [2.45, 2.75) is 25.1 Å². The molecule has 6 aromatic carbocycles. The Balaban J connectivity index is 1.33. The van der Waals surface area contributed by atoms with Crippen LogP contribution in [0.15, 0.2) is 133 Å². The van der Waals surface area contributed by atoms with Crippen LogP contribution >= 0.6 is 0 Å². The molecule has 0 fully saturated rings. The number of fused-ring (bicyclic) bond motifs is 10. The van der Waals surface area contributed by atoms with E-state index in [1.54, 1.807) is 0 Å². The van der Waals surface area contributed by atoms with E-state index in [1.807, 2.05) is 18.2 Å². The number of ketones is 2. The van der Waals surface area contributed by atoms with Crippen LogP contribution in [0.1, 0.15) is 48.5 Å². The Bertz CT molecular complexity index is 2400. The van der Waals surface area contributed by atoms with Crippen molar-refractivity contribution in [2.24, 2.45) is 0 Å². The lowest BCUT2D eigenvalue weighted by Gasteiger charge is -2.45. The average Bonchev–Trinajstić information content (AvgIpc) is 3.56. The molecule has 0 unspecified atom stereocenters. The number of hydrogen-bond acceptors (Lipinski definition) is 3. The molecule has 3 nitrogen and oxygen atoms in total. The number of carbonyl (C=O) groups excluding carboxylic acids is 2. The third kappa shape index (κ3) is 4.06. The lowest BCUT2D eigenvalue weighted by Crippen LogP contribution is -2.38. The predicted molar refractivity (Wildman–Crippen MR) is 198 cm³/mol. The minimum absolute atomic E-state index is 0.250. The maximum absolute atomic E-state index is 14.8. The summed E-state index contributed by atoms with van der Waals surface area (Å²) in [5, 5.41) is 1.36. The molecule has 1 spiro atoms. The first-order chi connectivity index (χ1) is 24.1. The Morgan fingerprint density at radius 1 is 0.580 bits per heavy atom.